The van der Waals surface area contributed by atoms with Crippen molar-refractivity contribution in [3.8, 4) is 11.5 Å². The first-order valence-electron chi connectivity index (χ1n) is 7.05. The maximum atomic E-state index is 5.80. The highest BCUT2D eigenvalue weighted by Crippen LogP contribution is 2.36. The summed E-state index contributed by atoms with van der Waals surface area (Å²) in [6.07, 6.45) is 4.79. The van der Waals surface area contributed by atoms with Crippen LogP contribution in [0.5, 0.6) is 11.5 Å². The van der Waals surface area contributed by atoms with Gasteiger partial charge in [-0.25, -0.2) is 0 Å². The lowest BCUT2D eigenvalue weighted by Crippen LogP contribution is -2.13. The molecule has 0 unspecified atom stereocenters. The van der Waals surface area contributed by atoms with Crippen molar-refractivity contribution in [2.24, 2.45) is 0 Å². The molecule has 0 bridgehead atoms. The number of halogens is 2. The van der Waals surface area contributed by atoms with Crippen molar-refractivity contribution in [2.45, 2.75) is 32.6 Å². The SMILES string of the molecule is CCNCCCCCCOc1cc(Br)c(OC)cc1Br. The Hall–Kier alpha value is -0.260. The third-order valence-corrected chi connectivity index (χ3v) is 4.20. The van der Waals surface area contributed by atoms with Crippen LogP contribution in [0.3, 0.4) is 0 Å². The number of hydrogen-bond acceptors (Lipinski definition) is 3. The second-order valence-corrected chi connectivity index (χ2v) is 6.24. The highest BCUT2D eigenvalue weighted by molar-refractivity contribution is 9.11. The molecule has 1 aromatic rings. The molecule has 0 fully saturated rings. The van der Waals surface area contributed by atoms with Gasteiger partial charge in [-0.2, -0.15) is 0 Å². The summed E-state index contributed by atoms with van der Waals surface area (Å²) in [5.74, 6) is 1.65. The molecular formula is C15H23Br2NO2. The van der Waals surface area contributed by atoms with E-state index in [1.807, 2.05) is 12.1 Å². The van der Waals surface area contributed by atoms with Crippen LogP contribution in [0.25, 0.3) is 0 Å². The summed E-state index contributed by atoms with van der Waals surface area (Å²) in [5, 5.41) is 3.33. The molecule has 5 heteroatoms. The minimum Gasteiger partial charge on any atom is -0.496 e. The first-order chi connectivity index (χ1) is 9.69. The van der Waals surface area contributed by atoms with Crippen molar-refractivity contribution in [1.29, 1.82) is 0 Å². The molecule has 0 amide bonds. The summed E-state index contributed by atoms with van der Waals surface area (Å²) in [6.45, 7) is 5.06. The Balaban J connectivity index is 2.23. The zero-order valence-corrected chi connectivity index (χ0v) is 15.3. The van der Waals surface area contributed by atoms with E-state index in [1.165, 1.54) is 19.3 Å². The van der Waals surface area contributed by atoms with Gasteiger partial charge in [0.05, 0.1) is 22.7 Å². The highest BCUT2D eigenvalue weighted by atomic mass is 79.9. The molecule has 1 aromatic carbocycles. The van der Waals surface area contributed by atoms with E-state index in [2.05, 4.69) is 44.1 Å². The van der Waals surface area contributed by atoms with E-state index in [9.17, 15) is 0 Å². The van der Waals surface area contributed by atoms with Crippen molar-refractivity contribution < 1.29 is 9.47 Å². The molecule has 0 saturated heterocycles. The largest absolute Gasteiger partial charge is 0.496 e. The van der Waals surface area contributed by atoms with E-state index in [-0.39, 0.29) is 0 Å². The highest BCUT2D eigenvalue weighted by Gasteiger charge is 2.07. The molecule has 1 N–H and O–H groups in total. The van der Waals surface area contributed by atoms with Crippen LogP contribution in [0.2, 0.25) is 0 Å². The average Bonchev–Trinajstić information content (AvgIpc) is 2.44. The lowest BCUT2D eigenvalue weighted by atomic mass is 10.2. The molecule has 1 rings (SSSR count). The summed E-state index contributed by atoms with van der Waals surface area (Å²) in [5.41, 5.74) is 0. The van der Waals surface area contributed by atoms with Crippen molar-refractivity contribution in [2.75, 3.05) is 26.8 Å². The third-order valence-electron chi connectivity index (χ3n) is 2.96. The molecule has 0 heterocycles. The molecule has 0 radical (unpaired) electrons. The monoisotopic (exact) mass is 407 g/mol. The minimum atomic E-state index is 0.749. The fourth-order valence-electron chi connectivity index (χ4n) is 1.84. The van der Waals surface area contributed by atoms with E-state index in [0.717, 1.165) is 46.6 Å². The maximum Gasteiger partial charge on any atom is 0.134 e. The van der Waals surface area contributed by atoms with Gasteiger partial charge in [0, 0.05) is 0 Å². The molecule has 20 heavy (non-hydrogen) atoms. The fraction of sp³-hybridized carbons (Fsp3) is 0.600. The van der Waals surface area contributed by atoms with E-state index in [1.54, 1.807) is 7.11 Å². The van der Waals surface area contributed by atoms with Crippen molar-refractivity contribution >= 4 is 31.9 Å². The summed E-state index contributed by atoms with van der Waals surface area (Å²) in [7, 11) is 1.65. The average molecular weight is 409 g/mol. The maximum absolute atomic E-state index is 5.80. The first kappa shape index (κ1) is 17.8. The molecule has 3 nitrogen and oxygen atoms in total. The fourth-order valence-corrected chi connectivity index (χ4v) is 2.76. The molecular weight excluding hydrogens is 386 g/mol. The van der Waals surface area contributed by atoms with Crippen molar-refractivity contribution in [1.82, 2.24) is 5.32 Å². The predicted molar refractivity (Wildman–Crippen MR) is 90.9 cm³/mol. The molecule has 0 aliphatic carbocycles. The Bertz CT molecular complexity index is 400. The number of benzene rings is 1. The normalized spacial score (nSPS) is 10.6. The molecule has 0 saturated carbocycles. The Labute approximate surface area is 138 Å². The van der Waals surface area contributed by atoms with Gasteiger partial charge < -0.3 is 14.8 Å². The molecule has 114 valence electrons. The summed E-state index contributed by atoms with van der Waals surface area (Å²) in [4.78, 5) is 0. The number of ether oxygens (including phenoxy) is 2. The van der Waals surface area contributed by atoms with Crippen molar-refractivity contribution in [3.05, 3.63) is 21.1 Å². The van der Waals surface area contributed by atoms with Crippen LogP contribution in [0, 0.1) is 0 Å². The quantitative estimate of drug-likeness (QED) is 0.565. The summed E-state index contributed by atoms with van der Waals surface area (Å²) in [6, 6.07) is 3.85. The number of rotatable bonds is 10. The van der Waals surface area contributed by atoms with Gasteiger partial charge >= 0.3 is 0 Å². The van der Waals surface area contributed by atoms with Gasteiger partial charge in [-0.05, 0) is 69.9 Å². The van der Waals surface area contributed by atoms with E-state index >= 15 is 0 Å². The second kappa shape index (κ2) is 10.5. The Morgan fingerprint density at radius 2 is 1.65 bits per heavy atom. The topological polar surface area (TPSA) is 30.5 Å². The third kappa shape index (κ3) is 6.46. The molecule has 0 aliphatic rings. The van der Waals surface area contributed by atoms with Crippen molar-refractivity contribution in [3.63, 3.8) is 0 Å². The smallest absolute Gasteiger partial charge is 0.134 e. The predicted octanol–water partition coefficient (Wildman–Crippen LogP) is 4.77. The first-order valence-corrected chi connectivity index (χ1v) is 8.64. The number of unbranched alkanes of at least 4 members (excludes halogenated alkanes) is 3. The van der Waals surface area contributed by atoms with Gasteiger partial charge in [-0.15, -0.1) is 0 Å². The van der Waals surface area contributed by atoms with Crippen LogP contribution in [0.1, 0.15) is 32.6 Å². The van der Waals surface area contributed by atoms with Gasteiger partial charge in [0.2, 0.25) is 0 Å². The molecule has 0 spiro atoms. The van der Waals surface area contributed by atoms with E-state index in [4.69, 9.17) is 9.47 Å². The van der Waals surface area contributed by atoms with Crippen LogP contribution in [0.15, 0.2) is 21.1 Å². The van der Waals surface area contributed by atoms with Gasteiger partial charge in [0.1, 0.15) is 11.5 Å². The van der Waals surface area contributed by atoms with E-state index in [0.29, 0.717) is 0 Å². The zero-order valence-electron chi connectivity index (χ0n) is 12.2. The summed E-state index contributed by atoms with van der Waals surface area (Å²) < 4.78 is 12.9. The number of hydrogen-bond donors (Lipinski definition) is 1. The lowest BCUT2D eigenvalue weighted by molar-refractivity contribution is 0.301. The minimum absolute atomic E-state index is 0.749. The number of methoxy groups -OCH3 is 1. The summed E-state index contributed by atoms with van der Waals surface area (Å²) >= 11 is 6.97. The Morgan fingerprint density at radius 3 is 2.35 bits per heavy atom. The molecule has 0 aromatic heterocycles. The van der Waals surface area contributed by atoms with E-state index < -0.39 is 0 Å². The van der Waals surface area contributed by atoms with Crippen LogP contribution in [-0.4, -0.2) is 26.8 Å². The van der Waals surface area contributed by atoms with Crippen LogP contribution < -0.4 is 14.8 Å². The molecule has 0 aliphatic heterocycles. The van der Waals surface area contributed by atoms with Gasteiger partial charge in [-0.1, -0.05) is 19.8 Å². The van der Waals surface area contributed by atoms with Crippen LogP contribution >= 0.6 is 31.9 Å². The Morgan fingerprint density at radius 1 is 1.00 bits per heavy atom. The second-order valence-electron chi connectivity index (χ2n) is 4.53. The van der Waals surface area contributed by atoms with Gasteiger partial charge in [0.25, 0.3) is 0 Å². The molecule has 0 atom stereocenters. The standard InChI is InChI=1S/C15H23Br2NO2/c1-3-18-8-6-4-5-7-9-20-15-11-12(16)14(19-2)10-13(15)17/h10-11,18H,3-9H2,1-2H3. The number of nitrogens with one attached hydrogen (secondary N) is 1. The van der Waals surface area contributed by atoms with Gasteiger partial charge in [0.15, 0.2) is 0 Å². The van der Waals surface area contributed by atoms with Crippen LogP contribution in [0.4, 0.5) is 0 Å². The van der Waals surface area contributed by atoms with Gasteiger partial charge in [-0.3, -0.25) is 0 Å². The Kier molecular flexibility index (Phi) is 9.31. The van der Waals surface area contributed by atoms with Crippen LogP contribution in [-0.2, 0) is 0 Å². The lowest BCUT2D eigenvalue weighted by Gasteiger charge is -2.11. The zero-order chi connectivity index (χ0) is 14.8.